The zero-order valence-electron chi connectivity index (χ0n) is 16.5. The van der Waals surface area contributed by atoms with Crippen molar-refractivity contribution >= 4 is 38.5 Å². The molecule has 1 amide bonds. The molecule has 148 valence electrons. The highest BCUT2D eigenvalue weighted by molar-refractivity contribution is 9.10. The molecular weight excluding hydrogens is 442 g/mol. The van der Waals surface area contributed by atoms with E-state index in [9.17, 15) is 9.59 Å². The van der Waals surface area contributed by atoms with Crippen LogP contribution in [0.15, 0.2) is 80.4 Å². The molecule has 2 heterocycles. The number of carbonyl (C=O) groups is 1. The van der Waals surface area contributed by atoms with E-state index in [1.54, 1.807) is 11.0 Å². The van der Waals surface area contributed by atoms with Gasteiger partial charge in [-0.3, -0.25) is 14.5 Å². The molecule has 0 N–H and O–H groups in total. The predicted molar refractivity (Wildman–Crippen MR) is 121 cm³/mol. The smallest absolute Gasteiger partial charge is 0.295 e. The van der Waals surface area contributed by atoms with Crippen molar-refractivity contribution in [2.75, 3.05) is 4.90 Å². The van der Waals surface area contributed by atoms with Crippen LogP contribution in [0.1, 0.15) is 38.9 Å². The number of hydrogen-bond acceptors (Lipinski definition) is 3. The molecule has 0 saturated carbocycles. The highest BCUT2D eigenvalue weighted by atomic mass is 79.9. The molecule has 0 aliphatic carbocycles. The summed E-state index contributed by atoms with van der Waals surface area (Å²) in [6.45, 7) is 3.94. The van der Waals surface area contributed by atoms with Crippen molar-refractivity contribution in [1.29, 1.82) is 0 Å². The lowest BCUT2D eigenvalue weighted by atomic mass is 9.97. The highest BCUT2D eigenvalue weighted by Gasteiger charge is 2.43. The van der Waals surface area contributed by atoms with Gasteiger partial charge in [0.15, 0.2) is 5.43 Å². The van der Waals surface area contributed by atoms with Crippen molar-refractivity contribution in [3.05, 3.63) is 109 Å². The average molecular weight is 460 g/mol. The van der Waals surface area contributed by atoms with Crippen molar-refractivity contribution in [3.63, 3.8) is 0 Å². The zero-order valence-corrected chi connectivity index (χ0v) is 18.1. The summed E-state index contributed by atoms with van der Waals surface area (Å²) in [6.07, 6.45) is 0. The lowest BCUT2D eigenvalue weighted by molar-refractivity contribution is 0.0971. The van der Waals surface area contributed by atoms with Gasteiger partial charge in [0.2, 0.25) is 5.76 Å². The Bertz CT molecular complexity index is 1350. The van der Waals surface area contributed by atoms with Gasteiger partial charge < -0.3 is 4.42 Å². The Hall–Kier alpha value is -3.18. The molecule has 0 radical (unpaired) electrons. The molecule has 30 heavy (non-hydrogen) atoms. The summed E-state index contributed by atoms with van der Waals surface area (Å²) in [5, 5.41) is 0.497. The van der Waals surface area contributed by atoms with E-state index in [2.05, 4.69) is 15.9 Å². The van der Waals surface area contributed by atoms with Crippen LogP contribution in [-0.4, -0.2) is 5.91 Å². The van der Waals surface area contributed by atoms with E-state index >= 15 is 0 Å². The first-order valence-electron chi connectivity index (χ1n) is 9.67. The van der Waals surface area contributed by atoms with Gasteiger partial charge in [-0.2, -0.15) is 0 Å². The van der Waals surface area contributed by atoms with Crippen molar-refractivity contribution in [1.82, 2.24) is 0 Å². The van der Waals surface area contributed by atoms with E-state index in [4.69, 9.17) is 4.42 Å². The minimum absolute atomic E-state index is 0.116. The number of halogens is 1. The molecule has 0 saturated heterocycles. The number of nitrogens with zero attached hydrogens (tertiary/aromatic N) is 1. The van der Waals surface area contributed by atoms with E-state index in [1.807, 2.05) is 74.5 Å². The molecular formula is C25H18BrNO3. The van der Waals surface area contributed by atoms with Gasteiger partial charge in [-0.15, -0.1) is 0 Å². The van der Waals surface area contributed by atoms with Crippen LogP contribution in [0.2, 0.25) is 0 Å². The summed E-state index contributed by atoms with van der Waals surface area (Å²) in [7, 11) is 0. The van der Waals surface area contributed by atoms with Crippen LogP contribution in [0.5, 0.6) is 0 Å². The molecule has 1 aromatic heterocycles. The van der Waals surface area contributed by atoms with Crippen LogP contribution in [-0.2, 0) is 0 Å². The van der Waals surface area contributed by atoms with Crippen LogP contribution in [0.4, 0.5) is 5.69 Å². The van der Waals surface area contributed by atoms with Gasteiger partial charge in [-0.25, -0.2) is 0 Å². The summed E-state index contributed by atoms with van der Waals surface area (Å²) in [4.78, 5) is 28.7. The van der Waals surface area contributed by atoms with Crippen LogP contribution in [0.25, 0.3) is 11.0 Å². The third-order valence-corrected chi connectivity index (χ3v) is 6.05. The maximum absolute atomic E-state index is 13.6. The summed E-state index contributed by atoms with van der Waals surface area (Å²) in [5.74, 6) is -0.192. The number of fused-ring (bicyclic) bond motifs is 2. The molecule has 0 fully saturated rings. The number of benzene rings is 3. The fourth-order valence-corrected chi connectivity index (χ4v) is 4.28. The van der Waals surface area contributed by atoms with E-state index in [0.29, 0.717) is 22.2 Å². The maximum atomic E-state index is 13.6. The minimum atomic E-state index is -0.546. The summed E-state index contributed by atoms with van der Waals surface area (Å²) < 4.78 is 6.92. The van der Waals surface area contributed by atoms with Gasteiger partial charge in [-0.05, 0) is 55.8 Å². The van der Waals surface area contributed by atoms with Crippen LogP contribution < -0.4 is 10.3 Å². The van der Waals surface area contributed by atoms with Gasteiger partial charge in [-0.1, -0.05) is 57.4 Å². The molecule has 4 nitrogen and oxygen atoms in total. The molecule has 5 heteroatoms. The molecule has 3 aromatic carbocycles. The maximum Gasteiger partial charge on any atom is 0.295 e. The van der Waals surface area contributed by atoms with E-state index in [0.717, 1.165) is 21.2 Å². The average Bonchev–Trinajstić information content (AvgIpc) is 3.03. The third-order valence-electron chi connectivity index (χ3n) is 5.52. The number of rotatable bonds is 2. The lowest BCUT2D eigenvalue weighted by Crippen LogP contribution is -2.29. The molecule has 4 aromatic rings. The molecule has 1 unspecified atom stereocenters. The topological polar surface area (TPSA) is 50.5 Å². The Labute approximate surface area is 181 Å². The molecule has 5 rings (SSSR count). The lowest BCUT2D eigenvalue weighted by Gasteiger charge is -2.25. The fourth-order valence-electron chi connectivity index (χ4n) is 4.02. The largest absolute Gasteiger partial charge is 0.450 e. The van der Waals surface area contributed by atoms with Gasteiger partial charge in [0.25, 0.3) is 5.91 Å². The van der Waals surface area contributed by atoms with Crippen molar-refractivity contribution in [3.8, 4) is 0 Å². The quantitative estimate of drug-likeness (QED) is 0.373. The summed E-state index contributed by atoms with van der Waals surface area (Å²) in [6, 6.07) is 20.3. The van der Waals surface area contributed by atoms with E-state index in [-0.39, 0.29) is 17.1 Å². The van der Waals surface area contributed by atoms with Gasteiger partial charge in [0.1, 0.15) is 5.58 Å². The Morgan fingerprint density at radius 2 is 1.53 bits per heavy atom. The molecule has 1 atom stereocenters. The van der Waals surface area contributed by atoms with Crippen molar-refractivity contribution < 1.29 is 9.21 Å². The second-order valence-corrected chi connectivity index (χ2v) is 8.55. The SMILES string of the molecule is Cc1ccc(C2c3c(oc4ccc(C)cc4c3=O)C(=O)N2c2ccc(Br)cc2)cc1. The number of carbonyl (C=O) groups excluding carboxylic acids is 1. The van der Waals surface area contributed by atoms with Gasteiger partial charge in [0, 0.05) is 10.2 Å². The molecule has 1 aliphatic heterocycles. The molecule has 0 bridgehead atoms. The van der Waals surface area contributed by atoms with Crippen molar-refractivity contribution in [2.45, 2.75) is 19.9 Å². The minimum Gasteiger partial charge on any atom is -0.450 e. The highest BCUT2D eigenvalue weighted by Crippen LogP contribution is 2.41. The van der Waals surface area contributed by atoms with Crippen LogP contribution in [0, 0.1) is 13.8 Å². The van der Waals surface area contributed by atoms with Gasteiger partial charge >= 0.3 is 0 Å². The second kappa shape index (κ2) is 6.96. The summed E-state index contributed by atoms with van der Waals surface area (Å²) in [5.41, 5.74) is 4.32. The van der Waals surface area contributed by atoms with E-state index in [1.165, 1.54) is 0 Å². The Kier molecular flexibility index (Phi) is 4.36. The molecule has 1 aliphatic rings. The fraction of sp³-hybridized carbons (Fsp3) is 0.120. The number of amides is 1. The predicted octanol–water partition coefficient (Wildman–Crippen LogP) is 5.92. The van der Waals surface area contributed by atoms with E-state index < -0.39 is 6.04 Å². The normalized spacial score (nSPS) is 15.6. The van der Waals surface area contributed by atoms with Crippen molar-refractivity contribution in [2.24, 2.45) is 0 Å². The zero-order chi connectivity index (χ0) is 21.0. The number of hydrogen-bond donors (Lipinski definition) is 0. The Morgan fingerprint density at radius 1 is 0.867 bits per heavy atom. The Balaban J connectivity index is 1.81. The van der Waals surface area contributed by atoms with Crippen LogP contribution in [0.3, 0.4) is 0 Å². The van der Waals surface area contributed by atoms with Gasteiger partial charge in [0.05, 0.1) is 17.0 Å². The first kappa shape index (κ1) is 18.8. The standard InChI is InChI=1S/C25H18BrNO3/c1-14-3-6-16(7-4-14)22-21-23(28)19-13-15(2)5-12-20(19)30-24(21)25(29)27(22)18-10-8-17(26)9-11-18/h3-13,22H,1-2H3. The van der Waals surface area contributed by atoms with Crippen LogP contribution >= 0.6 is 15.9 Å². The first-order valence-corrected chi connectivity index (χ1v) is 10.5. The third kappa shape index (κ3) is 2.89. The number of anilines is 1. The monoisotopic (exact) mass is 459 g/mol. The second-order valence-electron chi connectivity index (χ2n) is 7.64. The summed E-state index contributed by atoms with van der Waals surface area (Å²) >= 11 is 3.44. The first-order chi connectivity index (χ1) is 14.4. The molecule has 0 spiro atoms. The Morgan fingerprint density at radius 3 is 2.23 bits per heavy atom. The number of aryl methyl sites for hydroxylation is 2.